The van der Waals surface area contributed by atoms with Gasteiger partial charge in [-0.1, -0.05) is 81.4 Å². The second-order valence-electron chi connectivity index (χ2n) is 7.29. The van der Waals surface area contributed by atoms with Crippen LogP contribution in [0.1, 0.15) is 50.2 Å². The number of hydrogen-bond donors (Lipinski definition) is 0. The topological polar surface area (TPSA) is 47.6 Å². The minimum atomic E-state index is -0.255. The van der Waals surface area contributed by atoms with Crippen LogP contribution in [0.2, 0.25) is 0 Å². The maximum absolute atomic E-state index is 10.0. The lowest BCUT2D eigenvalue weighted by atomic mass is 9.64. The summed E-state index contributed by atoms with van der Waals surface area (Å²) in [4.78, 5) is 0. The Morgan fingerprint density at radius 1 is 0.833 bits per heavy atom. The molecule has 0 aromatic heterocycles. The molecule has 0 spiro atoms. The first kappa shape index (κ1) is 17.8. The monoisotopic (exact) mass is 316 g/mol. The zero-order chi connectivity index (χ0) is 17.6. The van der Waals surface area contributed by atoms with Gasteiger partial charge in [0, 0.05) is 18.3 Å². The Labute approximate surface area is 145 Å². The number of nitrogens with zero attached hydrogens (tertiary/aromatic N) is 2. The summed E-state index contributed by atoms with van der Waals surface area (Å²) in [6.07, 6.45) is 0.349. The molecule has 2 rings (SSSR count). The molecule has 3 unspecified atom stereocenters. The molecule has 0 heterocycles. The molecule has 2 heteroatoms. The molecule has 122 valence electrons. The van der Waals surface area contributed by atoms with Crippen LogP contribution in [0.5, 0.6) is 0 Å². The lowest BCUT2D eigenvalue weighted by molar-refractivity contribution is 0.245. The van der Waals surface area contributed by atoms with Gasteiger partial charge in [-0.15, -0.1) is 0 Å². The predicted octanol–water partition coefficient (Wildman–Crippen LogP) is 5.65. The molecule has 2 nitrogen and oxygen atoms in total. The van der Waals surface area contributed by atoms with Crippen molar-refractivity contribution in [1.29, 1.82) is 10.5 Å². The third-order valence-electron chi connectivity index (χ3n) is 4.57. The van der Waals surface area contributed by atoms with E-state index in [-0.39, 0.29) is 23.2 Å². The van der Waals surface area contributed by atoms with Crippen molar-refractivity contribution in [3.63, 3.8) is 0 Å². The van der Waals surface area contributed by atoms with E-state index in [2.05, 4.69) is 45.0 Å². The minimum Gasteiger partial charge on any atom is -0.198 e. The van der Waals surface area contributed by atoms with E-state index >= 15 is 0 Å². The summed E-state index contributed by atoms with van der Waals surface area (Å²) in [7, 11) is 0. The van der Waals surface area contributed by atoms with Crippen LogP contribution in [0.3, 0.4) is 0 Å². The van der Waals surface area contributed by atoms with Gasteiger partial charge in [0.2, 0.25) is 0 Å². The number of benzene rings is 2. The first-order chi connectivity index (χ1) is 11.5. The number of hydrogen-bond acceptors (Lipinski definition) is 2. The van der Waals surface area contributed by atoms with Gasteiger partial charge in [0.05, 0.1) is 18.1 Å². The van der Waals surface area contributed by atoms with Crippen molar-refractivity contribution in [2.75, 3.05) is 0 Å². The maximum atomic E-state index is 10.0. The van der Waals surface area contributed by atoms with E-state index < -0.39 is 0 Å². The Morgan fingerprint density at radius 2 is 1.33 bits per heavy atom. The van der Waals surface area contributed by atoms with E-state index in [1.807, 2.05) is 48.5 Å². The highest BCUT2D eigenvalue weighted by Gasteiger charge is 2.38. The van der Waals surface area contributed by atoms with Crippen molar-refractivity contribution in [3.8, 4) is 12.1 Å². The Bertz CT molecular complexity index is 715. The van der Waals surface area contributed by atoms with Crippen molar-refractivity contribution in [3.05, 3.63) is 71.8 Å². The van der Waals surface area contributed by atoms with Crippen molar-refractivity contribution >= 4 is 0 Å². The van der Waals surface area contributed by atoms with Crippen molar-refractivity contribution in [2.24, 2.45) is 11.3 Å². The molecule has 2 aromatic rings. The summed E-state index contributed by atoms with van der Waals surface area (Å²) in [5.41, 5.74) is 2.15. The van der Waals surface area contributed by atoms with Crippen LogP contribution in [0.15, 0.2) is 60.7 Å². The van der Waals surface area contributed by atoms with Crippen LogP contribution in [0.4, 0.5) is 0 Å². The van der Waals surface area contributed by atoms with Gasteiger partial charge < -0.3 is 0 Å². The molecular formula is C22H24N2. The summed E-state index contributed by atoms with van der Waals surface area (Å²) < 4.78 is 0. The average molecular weight is 316 g/mol. The van der Waals surface area contributed by atoms with Crippen LogP contribution in [-0.4, -0.2) is 0 Å². The summed E-state index contributed by atoms with van der Waals surface area (Å²) in [5.74, 6) is -0.290. The normalized spacial score (nSPS) is 14.9. The van der Waals surface area contributed by atoms with Crippen LogP contribution < -0.4 is 0 Å². The number of rotatable bonds is 5. The second kappa shape index (κ2) is 7.80. The molecule has 0 saturated carbocycles. The second-order valence-corrected chi connectivity index (χ2v) is 7.29. The fourth-order valence-electron chi connectivity index (χ4n) is 3.55. The molecule has 0 aliphatic heterocycles. The van der Waals surface area contributed by atoms with Crippen molar-refractivity contribution in [2.45, 2.75) is 39.0 Å². The Kier molecular flexibility index (Phi) is 5.78. The molecule has 24 heavy (non-hydrogen) atoms. The molecule has 0 fully saturated rings. The van der Waals surface area contributed by atoms with E-state index in [9.17, 15) is 10.5 Å². The van der Waals surface area contributed by atoms with Gasteiger partial charge in [0.1, 0.15) is 0 Å². The molecule has 0 aliphatic rings. The van der Waals surface area contributed by atoms with Gasteiger partial charge in [-0.25, -0.2) is 0 Å². The van der Waals surface area contributed by atoms with E-state index in [0.717, 1.165) is 11.1 Å². The molecule has 0 aliphatic carbocycles. The fourth-order valence-corrected chi connectivity index (χ4v) is 3.55. The van der Waals surface area contributed by atoms with Crippen LogP contribution >= 0.6 is 0 Å². The van der Waals surface area contributed by atoms with Gasteiger partial charge in [0.15, 0.2) is 0 Å². The van der Waals surface area contributed by atoms with Gasteiger partial charge >= 0.3 is 0 Å². The largest absolute Gasteiger partial charge is 0.198 e. The van der Waals surface area contributed by atoms with Crippen molar-refractivity contribution < 1.29 is 0 Å². The highest BCUT2D eigenvalue weighted by atomic mass is 14.4. The van der Waals surface area contributed by atoms with Gasteiger partial charge in [0.25, 0.3) is 0 Å². The number of nitriles is 2. The molecule has 0 radical (unpaired) electrons. The van der Waals surface area contributed by atoms with E-state index in [1.165, 1.54) is 0 Å². The van der Waals surface area contributed by atoms with Crippen LogP contribution in [-0.2, 0) is 0 Å². The van der Waals surface area contributed by atoms with Crippen LogP contribution in [0, 0.1) is 34.0 Å². The zero-order valence-corrected chi connectivity index (χ0v) is 14.6. The molecular weight excluding hydrogens is 292 g/mol. The Hall–Kier alpha value is -2.58. The summed E-state index contributed by atoms with van der Waals surface area (Å²) >= 11 is 0. The molecule has 0 amide bonds. The smallest absolute Gasteiger partial charge is 0.0669 e. The maximum Gasteiger partial charge on any atom is 0.0669 e. The lowest BCUT2D eigenvalue weighted by Gasteiger charge is -2.37. The molecule has 0 bridgehead atoms. The third kappa shape index (κ3) is 4.03. The van der Waals surface area contributed by atoms with E-state index in [1.54, 1.807) is 0 Å². The summed E-state index contributed by atoms with van der Waals surface area (Å²) in [6.45, 7) is 6.51. The molecule has 2 aromatic carbocycles. The first-order valence-electron chi connectivity index (χ1n) is 8.35. The first-order valence-corrected chi connectivity index (χ1v) is 8.35. The zero-order valence-electron chi connectivity index (χ0n) is 14.6. The third-order valence-corrected chi connectivity index (χ3v) is 4.57. The van der Waals surface area contributed by atoms with E-state index in [0.29, 0.717) is 6.42 Å². The quantitative estimate of drug-likeness (QED) is 0.715. The Morgan fingerprint density at radius 3 is 1.75 bits per heavy atom. The lowest BCUT2D eigenvalue weighted by Crippen LogP contribution is -2.29. The van der Waals surface area contributed by atoms with Gasteiger partial charge in [-0.3, -0.25) is 0 Å². The predicted molar refractivity (Wildman–Crippen MR) is 97.2 cm³/mol. The molecule has 0 saturated heterocycles. The van der Waals surface area contributed by atoms with E-state index in [4.69, 9.17) is 0 Å². The highest BCUT2D eigenvalue weighted by molar-refractivity contribution is 5.30. The van der Waals surface area contributed by atoms with Gasteiger partial charge in [-0.05, 0) is 16.5 Å². The fraction of sp³-hybridized carbons (Fsp3) is 0.364. The highest BCUT2D eigenvalue weighted by Crippen LogP contribution is 2.46. The SMILES string of the molecule is CC(C)(C)C(c1ccccc1)C(C#N)C(CC#N)c1ccccc1. The van der Waals surface area contributed by atoms with Crippen molar-refractivity contribution in [1.82, 2.24) is 0 Å². The van der Waals surface area contributed by atoms with Gasteiger partial charge in [-0.2, -0.15) is 10.5 Å². The molecule has 3 atom stereocenters. The molecule has 0 N–H and O–H groups in total. The standard InChI is InChI=1S/C22H24N2/c1-22(2,3)21(18-12-8-5-9-13-18)20(16-24)19(14-15-23)17-10-6-4-7-11-17/h4-13,19-21H,14H2,1-3H3. The Balaban J connectivity index is 2.52. The summed E-state index contributed by atoms with van der Waals surface area (Å²) in [6, 6.07) is 25.0. The average Bonchev–Trinajstić information content (AvgIpc) is 2.58. The minimum absolute atomic E-state index is 0.0576. The van der Waals surface area contributed by atoms with Crippen LogP contribution in [0.25, 0.3) is 0 Å². The summed E-state index contributed by atoms with van der Waals surface area (Å²) in [5, 5.41) is 19.4.